The van der Waals surface area contributed by atoms with Gasteiger partial charge < -0.3 is 24.6 Å². The van der Waals surface area contributed by atoms with Gasteiger partial charge in [0.15, 0.2) is 0 Å². The predicted molar refractivity (Wildman–Crippen MR) is 127 cm³/mol. The highest BCUT2D eigenvalue weighted by Crippen LogP contribution is 2.23. The fourth-order valence-corrected chi connectivity index (χ4v) is 4.23. The van der Waals surface area contributed by atoms with E-state index < -0.39 is 11.7 Å². The maximum atomic E-state index is 13.2. The summed E-state index contributed by atoms with van der Waals surface area (Å²) in [5.41, 5.74) is 2.77. The molecule has 2 aromatic heterocycles. The van der Waals surface area contributed by atoms with E-state index in [0.717, 1.165) is 10.2 Å². The molecule has 1 aliphatic rings. The van der Waals surface area contributed by atoms with Crippen LogP contribution in [0.2, 0.25) is 0 Å². The van der Waals surface area contributed by atoms with Crippen LogP contribution in [0.5, 0.6) is 5.75 Å². The number of nitrogens with one attached hydrogen (secondary N) is 1. The van der Waals surface area contributed by atoms with Gasteiger partial charge in [0.25, 0.3) is 0 Å². The van der Waals surface area contributed by atoms with Crippen molar-refractivity contribution in [2.24, 2.45) is 0 Å². The number of piperazine rings is 1. The van der Waals surface area contributed by atoms with Crippen LogP contribution in [0.1, 0.15) is 20.8 Å². The molecule has 10 heteroatoms. The topological polar surface area (TPSA) is 96.9 Å². The van der Waals surface area contributed by atoms with Gasteiger partial charge in [-0.1, -0.05) is 0 Å². The first-order chi connectivity index (χ1) is 15.8. The van der Waals surface area contributed by atoms with E-state index in [1.54, 1.807) is 39.8 Å². The summed E-state index contributed by atoms with van der Waals surface area (Å²) in [6.45, 7) is 6.74. The lowest BCUT2D eigenvalue weighted by atomic mass is 10.2. The van der Waals surface area contributed by atoms with Gasteiger partial charge in [-0.05, 0) is 51.1 Å². The standard InChI is InChI=1S/C23H27N5O4S/c1-23(2,3)32-22(30)27-9-10-28(17(13-27)14-31-18-5-4-8-24-12-18)21(29)26-16-6-7-19-20(11-16)33-15-25-19/h4-8,11-12,15,17H,9-10,13-14H2,1-3H3,(H,26,29). The van der Waals surface area contributed by atoms with Crippen molar-refractivity contribution in [3.63, 3.8) is 0 Å². The van der Waals surface area contributed by atoms with Crippen molar-refractivity contribution in [3.05, 3.63) is 48.2 Å². The Kier molecular flexibility index (Phi) is 6.64. The molecule has 33 heavy (non-hydrogen) atoms. The van der Waals surface area contributed by atoms with Crippen molar-refractivity contribution < 1.29 is 19.1 Å². The molecule has 1 unspecified atom stereocenters. The molecule has 1 N–H and O–H groups in total. The van der Waals surface area contributed by atoms with Crippen LogP contribution in [-0.4, -0.2) is 69.8 Å². The van der Waals surface area contributed by atoms with Crippen molar-refractivity contribution in [1.29, 1.82) is 0 Å². The van der Waals surface area contributed by atoms with Crippen LogP contribution in [0.3, 0.4) is 0 Å². The molecule has 174 valence electrons. The van der Waals surface area contributed by atoms with Crippen LogP contribution in [-0.2, 0) is 4.74 Å². The molecule has 0 spiro atoms. The van der Waals surface area contributed by atoms with Crippen LogP contribution in [0.4, 0.5) is 15.3 Å². The summed E-state index contributed by atoms with van der Waals surface area (Å²) >= 11 is 1.52. The SMILES string of the molecule is CC(C)(C)OC(=O)N1CCN(C(=O)Nc2ccc3ncsc3c2)C(COc2cccnc2)C1. The summed E-state index contributed by atoms with van der Waals surface area (Å²) in [6, 6.07) is 8.59. The number of aromatic nitrogens is 2. The molecule has 4 rings (SSSR count). The molecule has 1 atom stereocenters. The van der Waals surface area contributed by atoms with E-state index in [0.29, 0.717) is 31.1 Å². The van der Waals surface area contributed by atoms with Crippen LogP contribution < -0.4 is 10.1 Å². The number of amides is 3. The van der Waals surface area contributed by atoms with Gasteiger partial charge in [0, 0.05) is 31.5 Å². The lowest BCUT2D eigenvalue weighted by molar-refractivity contribution is 0.00539. The highest BCUT2D eigenvalue weighted by molar-refractivity contribution is 7.16. The van der Waals surface area contributed by atoms with E-state index in [1.165, 1.54) is 11.3 Å². The molecule has 1 aromatic carbocycles. The van der Waals surface area contributed by atoms with Crippen molar-refractivity contribution in [2.75, 3.05) is 31.6 Å². The lowest BCUT2D eigenvalue weighted by Gasteiger charge is -2.41. The number of benzene rings is 1. The second-order valence-corrected chi connectivity index (χ2v) is 9.62. The minimum Gasteiger partial charge on any atom is -0.490 e. The molecular weight excluding hydrogens is 442 g/mol. The summed E-state index contributed by atoms with van der Waals surface area (Å²) < 4.78 is 12.4. The van der Waals surface area contributed by atoms with E-state index in [1.807, 2.05) is 39.0 Å². The van der Waals surface area contributed by atoms with Gasteiger partial charge in [-0.15, -0.1) is 11.3 Å². The number of anilines is 1. The minimum absolute atomic E-state index is 0.215. The molecule has 9 nitrogen and oxygen atoms in total. The highest BCUT2D eigenvalue weighted by atomic mass is 32.1. The molecule has 1 aliphatic heterocycles. The quantitative estimate of drug-likeness (QED) is 0.614. The normalized spacial score (nSPS) is 16.5. The zero-order chi connectivity index (χ0) is 23.4. The van der Waals surface area contributed by atoms with Gasteiger partial charge in [0.2, 0.25) is 0 Å². The second-order valence-electron chi connectivity index (χ2n) is 8.74. The van der Waals surface area contributed by atoms with Gasteiger partial charge >= 0.3 is 12.1 Å². The number of carbonyl (C=O) groups is 2. The van der Waals surface area contributed by atoms with E-state index in [2.05, 4.69) is 15.3 Å². The van der Waals surface area contributed by atoms with E-state index in [4.69, 9.17) is 9.47 Å². The smallest absolute Gasteiger partial charge is 0.410 e. The number of ether oxygens (including phenoxy) is 2. The van der Waals surface area contributed by atoms with Gasteiger partial charge in [0.05, 0.1) is 28.0 Å². The largest absolute Gasteiger partial charge is 0.490 e. The Bertz CT molecular complexity index is 1110. The van der Waals surface area contributed by atoms with Crippen LogP contribution >= 0.6 is 11.3 Å². The Balaban J connectivity index is 1.47. The number of pyridine rings is 1. The van der Waals surface area contributed by atoms with E-state index in [9.17, 15) is 9.59 Å². The number of rotatable bonds is 4. The molecule has 1 fully saturated rings. The minimum atomic E-state index is -0.595. The first kappa shape index (κ1) is 22.8. The van der Waals surface area contributed by atoms with Crippen molar-refractivity contribution in [2.45, 2.75) is 32.4 Å². The third-order valence-corrected chi connectivity index (χ3v) is 5.85. The Hall–Kier alpha value is -3.40. The first-order valence-corrected chi connectivity index (χ1v) is 11.6. The first-order valence-electron chi connectivity index (χ1n) is 10.7. The maximum absolute atomic E-state index is 13.2. The lowest BCUT2D eigenvalue weighted by Crippen LogP contribution is -2.59. The zero-order valence-electron chi connectivity index (χ0n) is 18.9. The monoisotopic (exact) mass is 469 g/mol. The molecule has 0 saturated carbocycles. The number of urea groups is 1. The summed E-state index contributed by atoms with van der Waals surface area (Å²) in [5, 5.41) is 2.97. The van der Waals surface area contributed by atoms with Crippen LogP contribution in [0.15, 0.2) is 48.2 Å². The van der Waals surface area contributed by atoms with Crippen LogP contribution in [0.25, 0.3) is 10.2 Å². The van der Waals surface area contributed by atoms with Crippen molar-refractivity contribution >= 4 is 39.4 Å². The highest BCUT2D eigenvalue weighted by Gasteiger charge is 2.35. The number of fused-ring (bicyclic) bond motifs is 1. The third kappa shape index (κ3) is 5.89. The van der Waals surface area contributed by atoms with E-state index in [-0.39, 0.29) is 18.7 Å². The summed E-state index contributed by atoms with van der Waals surface area (Å²) in [6.07, 6.45) is 2.88. The number of thiazole rings is 1. The van der Waals surface area contributed by atoms with Gasteiger partial charge in [-0.3, -0.25) is 4.98 Å². The Labute approximate surface area is 196 Å². The fraction of sp³-hybridized carbons (Fsp3) is 0.391. The van der Waals surface area contributed by atoms with Crippen molar-refractivity contribution in [3.8, 4) is 5.75 Å². The van der Waals surface area contributed by atoms with Crippen LogP contribution in [0, 0.1) is 0 Å². The van der Waals surface area contributed by atoms with E-state index >= 15 is 0 Å². The molecule has 3 amide bonds. The Morgan fingerprint density at radius 3 is 2.85 bits per heavy atom. The fourth-order valence-electron chi connectivity index (χ4n) is 3.51. The van der Waals surface area contributed by atoms with Crippen molar-refractivity contribution in [1.82, 2.24) is 19.8 Å². The summed E-state index contributed by atoms with van der Waals surface area (Å²) in [5.74, 6) is 0.600. The molecule has 0 aliphatic carbocycles. The number of nitrogens with zero attached hydrogens (tertiary/aromatic N) is 4. The second kappa shape index (κ2) is 9.62. The average Bonchev–Trinajstić information content (AvgIpc) is 3.25. The Morgan fingerprint density at radius 2 is 2.09 bits per heavy atom. The molecule has 3 heterocycles. The average molecular weight is 470 g/mol. The molecule has 0 bridgehead atoms. The maximum Gasteiger partial charge on any atom is 0.410 e. The van der Waals surface area contributed by atoms with Gasteiger partial charge in [-0.25, -0.2) is 14.6 Å². The zero-order valence-corrected chi connectivity index (χ0v) is 19.7. The molecule has 3 aromatic rings. The molecule has 1 saturated heterocycles. The number of hydrogen-bond acceptors (Lipinski definition) is 7. The summed E-state index contributed by atoms with van der Waals surface area (Å²) in [7, 11) is 0. The molecule has 0 radical (unpaired) electrons. The predicted octanol–water partition coefficient (Wildman–Crippen LogP) is 4.22. The third-order valence-electron chi connectivity index (χ3n) is 5.05. The summed E-state index contributed by atoms with van der Waals surface area (Å²) in [4.78, 5) is 37.4. The number of carbonyl (C=O) groups excluding carboxylic acids is 2. The number of hydrogen-bond donors (Lipinski definition) is 1. The van der Waals surface area contributed by atoms with Gasteiger partial charge in [0.1, 0.15) is 18.0 Å². The van der Waals surface area contributed by atoms with Gasteiger partial charge in [-0.2, -0.15) is 0 Å². The Morgan fingerprint density at radius 1 is 1.24 bits per heavy atom. The molecular formula is C23H27N5O4S.